The molecule has 2 aliphatic heterocycles. The van der Waals surface area contributed by atoms with Gasteiger partial charge in [0.15, 0.2) is 0 Å². The summed E-state index contributed by atoms with van der Waals surface area (Å²) in [6, 6.07) is 0. The first-order valence-electron chi connectivity index (χ1n) is 18.4. The zero-order valence-corrected chi connectivity index (χ0v) is 33.0. The van der Waals surface area contributed by atoms with Crippen LogP contribution in [-0.2, 0) is 19.1 Å². The van der Waals surface area contributed by atoms with Gasteiger partial charge in [-0.05, 0) is 65.2 Å². The number of ether oxygens (including phenoxy) is 2. The number of rotatable bonds is 31. The van der Waals surface area contributed by atoms with Crippen LogP contribution in [0.5, 0.6) is 0 Å². The minimum Gasteiger partial charge on any atom is -0.396 e. The average molecular weight is 749 g/mol. The van der Waals surface area contributed by atoms with E-state index >= 15 is 0 Å². The Hall–Kier alpha value is -0.340. The second-order valence-corrected chi connectivity index (χ2v) is 17.8. The molecule has 2 saturated heterocycles. The molecular weight excluding hydrogens is 685 g/mol. The van der Waals surface area contributed by atoms with Crippen molar-refractivity contribution < 1.29 is 29.3 Å². The summed E-state index contributed by atoms with van der Waals surface area (Å²) in [5, 5.41) is 19.2. The van der Waals surface area contributed by atoms with Gasteiger partial charge in [-0.2, -0.15) is 0 Å². The van der Waals surface area contributed by atoms with Crippen molar-refractivity contribution >= 4 is 56.0 Å². The van der Waals surface area contributed by atoms with Crippen molar-refractivity contribution in [1.82, 2.24) is 9.80 Å². The van der Waals surface area contributed by atoms with Gasteiger partial charge in [-0.3, -0.25) is 9.59 Å². The number of amides is 2. The molecule has 2 rings (SSSR count). The number of nitrogens with zero attached hydrogens (tertiary/aromatic N) is 2. The van der Waals surface area contributed by atoms with E-state index in [1.165, 1.54) is 51.4 Å². The summed E-state index contributed by atoms with van der Waals surface area (Å²) in [4.78, 5) is 29.5. The molecule has 2 heterocycles. The van der Waals surface area contributed by atoms with Gasteiger partial charge in [0.05, 0.1) is 12.2 Å². The molecule has 8 nitrogen and oxygen atoms in total. The molecule has 2 unspecified atom stereocenters. The number of hydrogen-bond acceptors (Lipinski definition) is 10. The van der Waals surface area contributed by atoms with E-state index in [0.717, 1.165) is 123 Å². The Balaban J connectivity index is 1.53. The Kier molecular flexibility index (Phi) is 26.7. The predicted octanol–water partition coefficient (Wildman–Crippen LogP) is 8.93. The molecule has 48 heavy (non-hydrogen) atoms. The van der Waals surface area contributed by atoms with Crippen molar-refractivity contribution in [3.63, 3.8) is 0 Å². The van der Waals surface area contributed by atoms with E-state index in [1.807, 2.05) is 23.6 Å². The van der Waals surface area contributed by atoms with Gasteiger partial charge in [0, 0.05) is 85.1 Å². The quantitative estimate of drug-likeness (QED) is 0.0406. The maximum absolute atomic E-state index is 11.9. The van der Waals surface area contributed by atoms with Gasteiger partial charge < -0.3 is 29.5 Å². The van der Waals surface area contributed by atoms with Gasteiger partial charge in [-0.25, -0.2) is 0 Å². The number of allylic oxidation sites excluding steroid dienone is 2. The third-order valence-electron chi connectivity index (χ3n) is 9.06. The molecule has 2 N–H and O–H groups in total. The second kappa shape index (κ2) is 29.3. The number of carbonyl (C=O) groups is 2. The lowest BCUT2D eigenvalue weighted by Gasteiger charge is -2.21. The highest BCUT2D eigenvalue weighted by Crippen LogP contribution is 2.37. The highest BCUT2D eigenvalue weighted by atomic mass is 33.1. The van der Waals surface area contributed by atoms with Crippen LogP contribution in [0.25, 0.3) is 0 Å². The number of aliphatic hydroxyl groups is 2. The van der Waals surface area contributed by atoms with E-state index < -0.39 is 0 Å². The summed E-state index contributed by atoms with van der Waals surface area (Å²) >= 11 is 0. The zero-order valence-electron chi connectivity index (χ0n) is 29.7. The van der Waals surface area contributed by atoms with Gasteiger partial charge >= 0.3 is 0 Å². The smallest absolute Gasteiger partial charge is 0.213 e. The molecule has 278 valence electrons. The standard InChI is InChI=1S/C36H64N2O6S4/c1-31(35(17-23-39)47-45-27-19-33-15-13-25-43-33)37(29-41)21-11-9-7-5-3-4-6-8-10-12-22-38(30-42)32(2)36(18-24-40)48-46-28-20-34-16-14-26-44-34/h29-30,33-34,39-40H,3-28H2,1-2H3/b35-31-,36-32-. The van der Waals surface area contributed by atoms with Crippen LogP contribution in [0, 0.1) is 0 Å². The Morgan fingerprint density at radius 1 is 0.646 bits per heavy atom. The molecule has 0 bridgehead atoms. The van der Waals surface area contributed by atoms with Gasteiger partial charge in [0.25, 0.3) is 0 Å². The van der Waals surface area contributed by atoms with Gasteiger partial charge in [0.2, 0.25) is 12.8 Å². The highest BCUT2D eigenvalue weighted by Gasteiger charge is 2.17. The van der Waals surface area contributed by atoms with Crippen molar-refractivity contribution in [3.05, 3.63) is 21.2 Å². The molecule has 2 amide bonds. The monoisotopic (exact) mass is 748 g/mol. The van der Waals surface area contributed by atoms with Crippen molar-refractivity contribution in [3.8, 4) is 0 Å². The van der Waals surface area contributed by atoms with Crippen LogP contribution in [0.15, 0.2) is 21.2 Å². The van der Waals surface area contributed by atoms with E-state index in [2.05, 4.69) is 0 Å². The maximum atomic E-state index is 11.9. The van der Waals surface area contributed by atoms with E-state index in [0.29, 0.717) is 25.0 Å². The Labute approximate surface area is 307 Å². The second-order valence-electron chi connectivity index (χ2n) is 12.8. The van der Waals surface area contributed by atoms with Crippen LogP contribution < -0.4 is 0 Å². The molecule has 0 aliphatic carbocycles. The third-order valence-corrected chi connectivity index (χ3v) is 14.4. The lowest BCUT2D eigenvalue weighted by Crippen LogP contribution is -2.22. The Morgan fingerprint density at radius 2 is 1.02 bits per heavy atom. The van der Waals surface area contributed by atoms with Crippen LogP contribution in [0.4, 0.5) is 0 Å². The first kappa shape index (κ1) is 43.8. The fourth-order valence-corrected chi connectivity index (χ4v) is 11.1. The fraction of sp³-hybridized carbons (Fsp3) is 0.833. The van der Waals surface area contributed by atoms with Crippen LogP contribution in [0.2, 0.25) is 0 Å². The van der Waals surface area contributed by atoms with Gasteiger partial charge in [-0.15, -0.1) is 0 Å². The van der Waals surface area contributed by atoms with Crippen molar-refractivity contribution in [2.75, 3.05) is 51.0 Å². The van der Waals surface area contributed by atoms with E-state index in [4.69, 9.17) is 9.47 Å². The lowest BCUT2D eigenvalue weighted by atomic mass is 10.1. The number of aliphatic hydroxyl groups excluding tert-OH is 2. The van der Waals surface area contributed by atoms with Crippen LogP contribution >= 0.6 is 43.2 Å². The molecule has 0 aromatic heterocycles. The largest absolute Gasteiger partial charge is 0.396 e. The zero-order chi connectivity index (χ0) is 34.7. The number of carbonyl (C=O) groups excluding carboxylic acids is 2. The topological polar surface area (TPSA) is 99.5 Å². The van der Waals surface area contributed by atoms with Crippen LogP contribution in [-0.4, -0.2) is 96.1 Å². The minimum atomic E-state index is 0.0922. The molecule has 2 fully saturated rings. The van der Waals surface area contributed by atoms with Crippen LogP contribution in [0.1, 0.15) is 129 Å². The first-order valence-corrected chi connectivity index (χ1v) is 23.0. The Bertz CT molecular complexity index is 841. The molecule has 2 atom stereocenters. The van der Waals surface area contributed by atoms with Crippen molar-refractivity contribution in [2.24, 2.45) is 0 Å². The average Bonchev–Trinajstić information content (AvgIpc) is 3.82. The van der Waals surface area contributed by atoms with Crippen LogP contribution in [0.3, 0.4) is 0 Å². The number of hydrogen-bond donors (Lipinski definition) is 2. The third kappa shape index (κ3) is 19.3. The predicted molar refractivity (Wildman–Crippen MR) is 208 cm³/mol. The molecular formula is C36H64N2O6S4. The molecule has 2 aliphatic rings. The fourth-order valence-electron chi connectivity index (χ4n) is 6.00. The summed E-state index contributed by atoms with van der Waals surface area (Å²) in [7, 11) is 6.99. The van der Waals surface area contributed by atoms with Gasteiger partial charge in [-0.1, -0.05) is 94.5 Å². The highest BCUT2D eigenvalue weighted by molar-refractivity contribution is 8.78. The normalized spacial score (nSPS) is 18.9. The van der Waals surface area contributed by atoms with E-state index in [-0.39, 0.29) is 13.2 Å². The maximum Gasteiger partial charge on any atom is 0.213 e. The SMILES string of the molecule is C/C(=C(\CCO)SSCCC1CCCO1)N(C=O)CCCCCCCCCCCCN(C=O)/C(C)=C(/CCO)SSCCC1CCCO1. The first-order chi connectivity index (χ1) is 23.5. The minimum absolute atomic E-state index is 0.0922. The molecule has 12 heteroatoms. The summed E-state index contributed by atoms with van der Waals surface area (Å²) in [6.45, 7) is 7.43. The van der Waals surface area contributed by atoms with Crippen molar-refractivity contribution in [1.29, 1.82) is 0 Å². The molecule has 0 aromatic carbocycles. The molecule has 0 aromatic rings. The van der Waals surface area contributed by atoms with E-state index in [1.54, 1.807) is 43.2 Å². The molecule has 0 saturated carbocycles. The lowest BCUT2D eigenvalue weighted by molar-refractivity contribution is -0.117. The molecule has 0 radical (unpaired) electrons. The summed E-state index contributed by atoms with van der Waals surface area (Å²) in [6.07, 6.45) is 22.1. The van der Waals surface area contributed by atoms with Crippen molar-refractivity contribution in [2.45, 2.75) is 142 Å². The molecule has 0 spiro atoms. The van der Waals surface area contributed by atoms with Gasteiger partial charge in [0.1, 0.15) is 0 Å². The summed E-state index contributed by atoms with van der Waals surface area (Å²) in [5.74, 6) is 2.02. The number of unbranched alkanes of at least 4 members (excludes halogenated alkanes) is 9. The summed E-state index contributed by atoms with van der Waals surface area (Å²) < 4.78 is 11.4. The van der Waals surface area contributed by atoms with E-state index in [9.17, 15) is 19.8 Å². The summed E-state index contributed by atoms with van der Waals surface area (Å²) in [5.41, 5.74) is 1.94. The Morgan fingerprint density at radius 3 is 1.33 bits per heavy atom.